The molecule has 0 saturated heterocycles. The predicted octanol–water partition coefficient (Wildman–Crippen LogP) is 2.59. The van der Waals surface area contributed by atoms with E-state index in [1.54, 1.807) is 0 Å². The van der Waals surface area contributed by atoms with Crippen molar-refractivity contribution in [2.45, 2.75) is 40.7 Å². The molecule has 0 radical (unpaired) electrons. The van der Waals surface area contributed by atoms with E-state index in [-0.39, 0.29) is 0 Å². The number of likely N-dealkylation sites (N-methyl/N-ethyl adjacent to an activating group) is 1. The smallest absolute Gasteiger partial charge is 0.0221 e. The molecule has 0 aromatic heterocycles. The maximum Gasteiger partial charge on any atom is 0.0221 e. The van der Waals surface area contributed by atoms with Gasteiger partial charge >= 0.3 is 0 Å². The fraction of sp³-hybridized carbons (Fsp3) is 0.778. The first-order valence-electron chi connectivity index (χ1n) is 3.99. The zero-order valence-corrected chi connectivity index (χ0v) is 8.15. The quantitative estimate of drug-likeness (QED) is 0.586. The Morgan fingerprint density at radius 2 is 1.70 bits per heavy atom. The van der Waals surface area contributed by atoms with Crippen LogP contribution in [0.4, 0.5) is 0 Å². The summed E-state index contributed by atoms with van der Waals surface area (Å²) in [6.45, 7) is 10.3. The molecule has 0 bridgehead atoms. The Balaban J connectivity index is 0. The Morgan fingerprint density at radius 1 is 1.30 bits per heavy atom. The average Bonchev–Trinajstić information content (AvgIpc) is 1.91. The van der Waals surface area contributed by atoms with Crippen LogP contribution in [0.2, 0.25) is 0 Å². The van der Waals surface area contributed by atoms with Crippen LogP contribution in [0.15, 0.2) is 11.6 Å². The SMILES string of the molecule is CC.CNC(C)C=C(C)C. The topological polar surface area (TPSA) is 12.0 Å². The highest BCUT2D eigenvalue weighted by molar-refractivity contribution is 4.98. The van der Waals surface area contributed by atoms with Crippen molar-refractivity contribution >= 4 is 0 Å². The van der Waals surface area contributed by atoms with E-state index in [1.165, 1.54) is 5.57 Å². The summed E-state index contributed by atoms with van der Waals surface area (Å²) in [5.41, 5.74) is 1.37. The van der Waals surface area contributed by atoms with Gasteiger partial charge in [0.05, 0.1) is 0 Å². The Bertz CT molecular complexity index is 80.7. The van der Waals surface area contributed by atoms with E-state index >= 15 is 0 Å². The minimum Gasteiger partial charge on any atom is -0.314 e. The number of hydrogen-bond donors (Lipinski definition) is 1. The van der Waals surface area contributed by atoms with Crippen LogP contribution in [0, 0.1) is 0 Å². The third kappa shape index (κ3) is 10.6. The fourth-order valence-corrected chi connectivity index (χ4v) is 0.583. The van der Waals surface area contributed by atoms with Crippen LogP contribution in [0.5, 0.6) is 0 Å². The van der Waals surface area contributed by atoms with Crippen molar-refractivity contribution in [2.24, 2.45) is 0 Å². The van der Waals surface area contributed by atoms with Crippen molar-refractivity contribution in [2.75, 3.05) is 7.05 Å². The molecule has 0 spiro atoms. The minimum absolute atomic E-state index is 0.514. The standard InChI is InChI=1S/C7H15N.C2H6/c1-6(2)5-7(3)8-4;1-2/h5,7-8H,1-4H3;1-2H3. The predicted molar refractivity (Wildman–Crippen MR) is 49.3 cm³/mol. The van der Waals surface area contributed by atoms with Gasteiger partial charge in [-0.25, -0.2) is 0 Å². The summed E-state index contributed by atoms with van der Waals surface area (Å²) in [7, 11) is 1.96. The Labute approximate surface area is 65.5 Å². The molecule has 1 N–H and O–H groups in total. The number of rotatable bonds is 2. The Kier molecular flexibility index (Phi) is 10.8. The van der Waals surface area contributed by atoms with Crippen LogP contribution in [0.25, 0.3) is 0 Å². The van der Waals surface area contributed by atoms with E-state index in [1.807, 2.05) is 20.9 Å². The van der Waals surface area contributed by atoms with Crippen molar-refractivity contribution in [1.82, 2.24) is 5.32 Å². The van der Waals surface area contributed by atoms with Gasteiger partial charge in [0.25, 0.3) is 0 Å². The van der Waals surface area contributed by atoms with E-state index in [4.69, 9.17) is 0 Å². The van der Waals surface area contributed by atoms with Crippen LogP contribution >= 0.6 is 0 Å². The van der Waals surface area contributed by atoms with Gasteiger partial charge in [-0.3, -0.25) is 0 Å². The second-order valence-corrected chi connectivity index (χ2v) is 2.32. The van der Waals surface area contributed by atoms with Crippen molar-refractivity contribution < 1.29 is 0 Å². The van der Waals surface area contributed by atoms with E-state index in [2.05, 4.69) is 32.2 Å². The van der Waals surface area contributed by atoms with Crippen LogP contribution in [0.1, 0.15) is 34.6 Å². The highest BCUT2D eigenvalue weighted by Gasteiger charge is 1.87. The molecule has 0 aliphatic heterocycles. The van der Waals surface area contributed by atoms with Gasteiger partial charge in [0.2, 0.25) is 0 Å². The maximum absolute atomic E-state index is 3.12. The molecule has 0 rings (SSSR count). The molecule has 0 aromatic carbocycles. The zero-order chi connectivity index (χ0) is 8.57. The van der Waals surface area contributed by atoms with Crippen LogP contribution in [0.3, 0.4) is 0 Å². The third-order valence-electron chi connectivity index (χ3n) is 1.04. The van der Waals surface area contributed by atoms with Crippen LogP contribution < -0.4 is 5.32 Å². The lowest BCUT2D eigenvalue weighted by atomic mass is 10.2. The van der Waals surface area contributed by atoms with Gasteiger partial charge in [-0.2, -0.15) is 0 Å². The summed E-state index contributed by atoms with van der Waals surface area (Å²) < 4.78 is 0. The lowest BCUT2D eigenvalue weighted by Crippen LogP contribution is -2.18. The molecule has 0 aliphatic carbocycles. The monoisotopic (exact) mass is 143 g/mol. The molecule has 10 heavy (non-hydrogen) atoms. The van der Waals surface area contributed by atoms with Crippen molar-refractivity contribution in [3.63, 3.8) is 0 Å². The highest BCUT2D eigenvalue weighted by Crippen LogP contribution is 1.91. The van der Waals surface area contributed by atoms with E-state index < -0.39 is 0 Å². The molecule has 0 aromatic rings. The molecule has 0 amide bonds. The lowest BCUT2D eigenvalue weighted by Gasteiger charge is -2.02. The van der Waals surface area contributed by atoms with Gasteiger partial charge in [0.15, 0.2) is 0 Å². The Hall–Kier alpha value is -0.300. The Morgan fingerprint density at radius 3 is 1.80 bits per heavy atom. The van der Waals surface area contributed by atoms with Crippen molar-refractivity contribution in [3.8, 4) is 0 Å². The molecule has 1 nitrogen and oxygen atoms in total. The van der Waals surface area contributed by atoms with E-state index in [0.717, 1.165) is 0 Å². The summed E-state index contributed by atoms with van der Waals surface area (Å²) in [6.07, 6.45) is 2.19. The summed E-state index contributed by atoms with van der Waals surface area (Å²) in [6, 6.07) is 0.514. The minimum atomic E-state index is 0.514. The van der Waals surface area contributed by atoms with Crippen molar-refractivity contribution in [3.05, 3.63) is 11.6 Å². The van der Waals surface area contributed by atoms with E-state index in [0.29, 0.717) is 6.04 Å². The second-order valence-electron chi connectivity index (χ2n) is 2.32. The molecule has 1 heteroatoms. The summed E-state index contributed by atoms with van der Waals surface area (Å²) in [5.74, 6) is 0. The molecular formula is C9H21N. The molecule has 0 saturated carbocycles. The summed E-state index contributed by atoms with van der Waals surface area (Å²) in [4.78, 5) is 0. The molecule has 0 heterocycles. The molecule has 62 valence electrons. The van der Waals surface area contributed by atoms with Crippen LogP contribution in [-0.4, -0.2) is 13.1 Å². The van der Waals surface area contributed by atoms with Gasteiger partial charge in [-0.1, -0.05) is 25.5 Å². The van der Waals surface area contributed by atoms with Gasteiger partial charge in [0, 0.05) is 6.04 Å². The highest BCUT2D eigenvalue weighted by atomic mass is 14.8. The van der Waals surface area contributed by atoms with Crippen molar-refractivity contribution in [1.29, 1.82) is 0 Å². The number of allylic oxidation sites excluding steroid dienone is 1. The lowest BCUT2D eigenvalue weighted by molar-refractivity contribution is 0.724. The van der Waals surface area contributed by atoms with Gasteiger partial charge in [-0.05, 0) is 27.8 Å². The summed E-state index contributed by atoms with van der Waals surface area (Å²) in [5, 5.41) is 3.12. The largest absolute Gasteiger partial charge is 0.314 e. The van der Waals surface area contributed by atoms with Gasteiger partial charge in [0.1, 0.15) is 0 Å². The average molecular weight is 143 g/mol. The first-order chi connectivity index (χ1) is 4.66. The van der Waals surface area contributed by atoms with Gasteiger partial charge < -0.3 is 5.32 Å². The molecule has 0 aliphatic rings. The normalized spacial score (nSPS) is 11.0. The molecule has 0 fully saturated rings. The van der Waals surface area contributed by atoms with Crippen LogP contribution in [-0.2, 0) is 0 Å². The molecule has 1 unspecified atom stereocenters. The maximum atomic E-state index is 3.12. The number of hydrogen-bond acceptors (Lipinski definition) is 1. The third-order valence-corrected chi connectivity index (χ3v) is 1.04. The first kappa shape index (κ1) is 12.4. The number of nitrogens with one attached hydrogen (secondary N) is 1. The van der Waals surface area contributed by atoms with Gasteiger partial charge in [-0.15, -0.1) is 0 Å². The second kappa shape index (κ2) is 8.70. The zero-order valence-electron chi connectivity index (χ0n) is 8.15. The summed E-state index contributed by atoms with van der Waals surface area (Å²) >= 11 is 0. The first-order valence-corrected chi connectivity index (χ1v) is 3.99. The van der Waals surface area contributed by atoms with E-state index in [9.17, 15) is 0 Å². The fourth-order valence-electron chi connectivity index (χ4n) is 0.583. The molecular weight excluding hydrogens is 122 g/mol. The molecule has 1 atom stereocenters.